The Kier molecular flexibility index (Phi) is 10.4. The molecule has 0 aromatic heterocycles. The van der Waals surface area contributed by atoms with Gasteiger partial charge in [0.2, 0.25) is 11.8 Å². The van der Waals surface area contributed by atoms with E-state index in [0.717, 1.165) is 27.8 Å². The highest BCUT2D eigenvalue weighted by Crippen LogP contribution is 2.51. The summed E-state index contributed by atoms with van der Waals surface area (Å²) in [6.45, 7) is 2.41. The van der Waals surface area contributed by atoms with Crippen LogP contribution < -0.4 is 16.0 Å². The minimum Gasteiger partial charge on any atom is -0.362 e. The van der Waals surface area contributed by atoms with E-state index < -0.39 is 24.3 Å². The van der Waals surface area contributed by atoms with Crippen molar-refractivity contribution in [3.8, 4) is 11.1 Å². The Morgan fingerprint density at radius 1 is 0.850 bits per heavy atom. The van der Waals surface area contributed by atoms with Gasteiger partial charge in [-0.2, -0.15) is 0 Å². The van der Waals surface area contributed by atoms with Crippen LogP contribution in [-0.2, 0) is 26.3 Å². The minimum atomic E-state index is -2.63. The number of amides is 2. The Labute approximate surface area is 234 Å². The summed E-state index contributed by atoms with van der Waals surface area (Å²) in [5.41, 5.74) is 3.57. The van der Waals surface area contributed by atoms with Gasteiger partial charge >= 0.3 is 0 Å². The first-order valence-electron chi connectivity index (χ1n) is 13.9. The lowest BCUT2D eigenvalue weighted by Gasteiger charge is -2.31. The van der Waals surface area contributed by atoms with Gasteiger partial charge in [0, 0.05) is 6.54 Å². The molecule has 1 aliphatic carbocycles. The molecular weight excluding hydrogens is 512 g/mol. The third-order valence-corrected chi connectivity index (χ3v) is 7.41. The highest BCUT2D eigenvalue weighted by Gasteiger charge is 2.48. The van der Waals surface area contributed by atoms with Gasteiger partial charge in [0.15, 0.2) is 0 Å². The molecule has 8 heteroatoms. The van der Waals surface area contributed by atoms with Gasteiger partial charge in [0.05, 0.1) is 25.9 Å². The number of halogens is 2. The molecule has 1 atom stereocenters. The highest BCUT2D eigenvalue weighted by molar-refractivity contribution is 6.00. The molecule has 1 aliphatic rings. The summed E-state index contributed by atoms with van der Waals surface area (Å²) in [5, 5.41) is 8.61. The van der Waals surface area contributed by atoms with Crippen molar-refractivity contribution in [1.82, 2.24) is 16.0 Å². The second-order valence-electron chi connectivity index (χ2n) is 9.99. The fourth-order valence-electron chi connectivity index (χ4n) is 5.45. The number of rotatable bonds is 15. The molecule has 6 nitrogen and oxygen atoms in total. The molecule has 4 rings (SSSR count). The number of ether oxygens (including phenoxy) is 1. The van der Waals surface area contributed by atoms with Gasteiger partial charge in [-0.05, 0) is 53.5 Å². The average Bonchev–Trinajstić information content (AvgIpc) is 3.27. The molecule has 0 saturated heterocycles. The molecule has 0 aliphatic heterocycles. The van der Waals surface area contributed by atoms with Gasteiger partial charge in [-0.3, -0.25) is 14.9 Å². The first-order chi connectivity index (χ1) is 19.5. The fourth-order valence-corrected chi connectivity index (χ4v) is 5.45. The zero-order valence-electron chi connectivity index (χ0n) is 22.8. The van der Waals surface area contributed by atoms with Crippen molar-refractivity contribution in [2.45, 2.75) is 57.1 Å². The molecular formula is C32H37F2N3O3. The summed E-state index contributed by atoms with van der Waals surface area (Å²) in [7, 11) is 0. The molecule has 0 fully saturated rings. The lowest BCUT2D eigenvalue weighted by atomic mass is 9.73. The van der Waals surface area contributed by atoms with Crippen molar-refractivity contribution in [3.05, 3.63) is 95.6 Å². The Morgan fingerprint density at radius 2 is 1.48 bits per heavy atom. The normalized spacial score (nSPS) is 13.9. The van der Waals surface area contributed by atoms with E-state index in [2.05, 4.69) is 16.0 Å². The van der Waals surface area contributed by atoms with Crippen LogP contribution in [-0.4, -0.2) is 44.1 Å². The predicted molar refractivity (Wildman–Crippen MR) is 152 cm³/mol. The van der Waals surface area contributed by atoms with E-state index in [9.17, 15) is 18.4 Å². The number of hydrogen-bond donors (Lipinski definition) is 3. The summed E-state index contributed by atoms with van der Waals surface area (Å²) in [6.07, 6.45) is -0.320. The fraction of sp³-hybridized carbons (Fsp3) is 0.375. The Hall–Kier alpha value is -3.62. The standard InChI is InChI=1S/C32H37F2N3O3/c1-2-28(37-22-40-21-23-12-4-3-5-13-23)30(38)35-19-11-10-18-32(31(39)36-20-29(33)34)26-16-8-6-14-24(26)25-15-7-9-17-27(25)32/h3-9,12-17,28-29,37H,2,10-11,18-22H2,1H3,(H,35,38)(H,36,39). The maximum atomic E-state index is 13.6. The number of carbonyl (C=O) groups is 2. The maximum Gasteiger partial charge on any atom is 0.255 e. The first-order valence-corrected chi connectivity index (χ1v) is 13.9. The topological polar surface area (TPSA) is 79.5 Å². The van der Waals surface area contributed by atoms with Gasteiger partial charge < -0.3 is 15.4 Å². The summed E-state index contributed by atoms with van der Waals surface area (Å²) in [6, 6.07) is 24.8. The predicted octanol–water partition coefficient (Wildman–Crippen LogP) is 5.16. The second kappa shape index (κ2) is 14.1. The second-order valence-corrected chi connectivity index (χ2v) is 9.99. The molecule has 0 heterocycles. The molecule has 0 bridgehead atoms. The summed E-state index contributed by atoms with van der Waals surface area (Å²) < 4.78 is 31.7. The third-order valence-electron chi connectivity index (χ3n) is 7.41. The van der Waals surface area contributed by atoms with E-state index in [-0.39, 0.29) is 18.7 Å². The van der Waals surface area contributed by atoms with Crippen molar-refractivity contribution in [3.63, 3.8) is 0 Å². The van der Waals surface area contributed by atoms with Crippen molar-refractivity contribution < 1.29 is 23.1 Å². The summed E-state index contributed by atoms with van der Waals surface area (Å²) in [4.78, 5) is 26.3. The van der Waals surface area contributed by atoms with Crippen LogP contribution in [0.4, 0.5) is 8.78 Å². The Balaban J connectivity index is 1.33. The average molecular weight is 550 g/mol. The molecule has 0 radical (unpaired) electrons. The molecule has 2 amide bonds. The monoisotopic (exact) mass is 549 g/mol. The number of hydrogen-bond acceptors (Lipinski definition) is 4. The van der Waals surface area contributed by atoms with Crippen molar-refractivity contribution in [2.24, 2.45) is 0 Å². The number of carbonyl (C=O) groups excluding carboxylic acids is 2. The SMILES string of the molecule is CCC(NCOCc1ccccc1)C(=O)NCCCCC1(C(=O)NCC(F)F)c2ccccc2-c2ccccc21. The van der Waals surface area contributed by atoms with Crippen LogP contribution >= 0.6 is 0 Å². The minimum absolute atomic E-state index is 0.105. The lowest BCUT2D eigenvalue weighted by molar-refractivity contribution is -0.126. The van der Waals surface area contributed by atoms with E-state index in [1.807, 2.05) is 85.8 Å². The van der Waals surface area contributed by atoms with Gasteiger partial charge in [0.25, 0.3) is 6.43 Å². The van der Waals surface area contributed by atoms with Crippen LogP contribution in [0.15, 0.2) is 78.9 Å². The largest absolute Gasteiger partial charge is 0.362 e. The van der Waals surface area contributed by atoms with Crippen molar-refractivity contribution in [2.75, 3.05) is 19.8 Å². The van der Waals surface area contributed by atoms with Crippen LogP contribution in [0.5, 0.6) is 0 Å². The number of alkyl halides is 2. The van der Waals surface area contributed by atoms with E-state index >= 15 is 0 Å². The molecule has 3 aromatic carbocycles. The molecule has 0 saturated carbocycles. The molecule has 212 valence electrons. The zero-order chi connectivity index (χ0) is 28.4. The smallest absolute Gasteiger partial charge is 0.255 e. The lowest BCUT2D eigenvalue weighted by Crippen LogP contribution is -2.46. The summed E-state index contributed by atoms with van der Waals surface area (Å²) >= 11 is 0. The van der Waals surface area contributed by atoms with E-state index in [1.54, 1.807) is 0 Å². The van der Waals surface area contributed by atoms with E-state index in [1.165, 1.54) is 0 Å². The van der Waals surface area contributed by atoms with Crippen LogP contribution in [0.25, 0.3) is 11.1 Å². The molecule has 3 aromatic rings. The van der Waals surface area contributed by atoms with Gasteiger partial charge in [-0.25, -0.2) is 8.78 Å². The zero-order valence-corrected chi connectivity index (χ0v) is 22.8. The molecule has 3 N–H and O–H groups in total. The van der Waals surface area contributed by atoms with E-state index in [4.69, 9.17) is 4.74 Å². The number of fused-ring (bicyclic) bond motifs is 3. The van der Waals surface area contributed by atoms with E-state index in [0.29, 0.717) is 38.8 Å². The van der Waals surface area contributed by atoms with Crippen LogP contribution in [0.2, 0.25) is 0 Å². The van der Waals surface area contributed by atoms with Gasteiger partial charge in [0.1, 0.15) is 5.41 Å². The molecule has 1 unspecified atom stereocenters. The Morgan fingerprint density at radius 3 is 2.10 bits per heavy atom. The van der Waals surface area contributed by atoms with Crippen LogP contribution in [0.1, 0.15) is 49.3 Å². The molecule has 40 heavy (non-hydrogen) atoms. The third kappa shape index (κ3) is 6.74. The first kappa shape index (κ1) is 29.4. The van der Waals surface area contributed by atoms with Crippen LogP contribution in [0.3, 0.4) is 0 Å². The van der Waals surface area contributed by atoms with Gasteiger partial charge in [-0.1, -0.05) is 85.8 Å². The van der Waals surface area contributed by atoms with Crippen LogP contribution in [0, 0.1) is 0 Å². The molecule has 0 spiro atoms. The van der Waals surface area contributed by atoms with Crippen molar-refractivity contribution in [1.29, 1.82) is 0 Å². The summed E-state index contributed by atoms with van der Waals surface area (Å²) in [5.74, 6) is -0.522. The Bertz CT molecular complexity index is 1220. The number of nitrogens with one attached hydrogen (secondary N) is 3. The highest BCUT2D eigenvalue weighted by atomic mass is 19.3. The maximum absolute atomic E-state index is 13.6. The van der Waals surface area contributed by atoms with Gasteiger partial charge in [-0.15, -0.1) is 0 Å². The van der Waals surface area contributed by atoms with Crippen molar-refractivity contribution >= 4 is 11.8 Å². The quantitative estimate of drug-likeness (QED) is 0.181. The number of benzene rings is 3. The number of unbranched alkanes of at least 4 members (excludes halogenated alkanes) is 1.